The molecule has 4 rings (SSSR count). The minimum absolute atomic E-state index is 0.0421. The smallest absolute Gasteiger partial charge is 0.266 e. The minimum atomic E-state index is -3.40. The molecule has 2 N–H and O–H groups in total. The predicted octanol–water partition coefficient (Wildman–Crippen LogP) is 3.80. The van der Waals surface area contributed by atoms with Crippen molar-refractivity contribution in [2.45, 2.75) is 89.3 Å². The average Bonchev–Trinajstić information content (AvgIpc) is 3.57. The van der Waals surface area contributed by atoms with Gasteiger partial charge in [-0.3, -0.25) is 9.59 Å². The Bertz CT molecular complexity index is 1080. The van der Waals surface area contributed by atoms with Crippen LogP contribution >= 0.6 is 0 Å². The predicted molar refractivity (Wildman–Crippen MR) is 135 cm³/mol. The van der Waals surface area contributed by atoms with E-state index < -0.39 is 33.6 Å². The van der Waals surface area contributed by atoms with Crippen molar-refractivity contribution in [3.05, 3.63) is 30.2 Å². The summed E-state index contributed by atoms with van der Waals surface area (Å²) in [6.45, 7) is 1.93. The van der Waals surface area contributed by atoms with Crippen molar-refractivity contribution in [3.8, 4) is 0 Å². The van der Waals surface area contributed by atoms with Crippen molar-refractivity contribution in [2.75, 3.05) is 11.5 Å². The van der Waals surface area contributed by atoms with Crippen LogP contribution in [-0.2, 0) is 14.6 Å². The lowest BCUT2D eigenvalue weighted by Crippen LogP contribution is -2.55. The van der Waals surface area contributed by atoms with Gasteiger partial charge < -0.3 is 15.1 Å². The highest BCUT2D eigenvalue weighted by Crippen LogP contribution is 2.30. The molecular formula is C26H37N3O5S. The van der Waals surface area contributed by atoms with Crippen LogP contribution in [0.2, 0.25) is 0 Å². The number of carbonyl (C=O) groups is 2. The number of carbonyl (C=O) groups excluding carboxylic acids is 2. The maximum atomic E-state index is 13.4. The summed E-state index contributed by atoms with van der Waals surface area (Å²) in [6.07, 6.45) is 9.24. The van der Waals surface area contributed by atoms with Gasteiger partial charge in [0.1, 0.15) is 11.6 Å². The number of hydrogen-bond acceptors (Lipinski definition) is 7. The van der Waals surface area contributed by atoms with Gasteiger partial charge in [0, 0.05) is 6.04 Å². The van der Waals surface area contributed by atoms with Crippen LogP contribution in [0.1, 0.15) is 81.8 Å². The molecular weight excluding hydrogens is 466 g/mol. The minimum Gasteiger partial charge on any atom is -0.434 e. The standard InChI is InChI=1S/C26H37N3O5S/c1-2-9-21(24(30)26-29-20-12-7-8-13-23(20)34-26)28-25(31)22(17-35(32,33)16-18-14-15-18)27-19-10-5-3-4-6-11-19/h7-8,12-13,18-19,21-22,27H,2-6,9-11,14-17H2,1H3,(H,28,31). The number of amides is 1. The molecule has 0 aliphatic heterocycles. The van der Waals surface area contributed by atoms with Gasteiger partial charge in [0.15, 0.2) is 15.4 Å². The molecule has 1 aromatic heterocycles. The summed E-state index contributed by atoms with van der Waals surface area (Å²) in [5.74, 6) is -0.790. The Morgan fingerprint density at radius 1 is 1.06 bits per heavy atom. The van der Waals surface area contributed by atoms with Crippen molar-refractivity contribution in [1.82, 2.24) is 15.6 Å². The molecule has 0 saturated heterocycles. The fraction of sp³-hybridized carbons (Fsp3) is 0.654. The van der Waals surface area contributed by atoms with Gasteiger partial charge in [0.25, 0.3) is 5.89 Å². The molecule has 2 aromatic rings. The summed E-state index contributed by atoms with van der Waals surface area (Å²) in [5.41, 5.74) is 1.09. The first-order valence-corrected chi connectivity index (χ1v) is 14.8. The van der Waals surface area contributed by atoms with E-state index in [1.165, 1.54) is 0 Å². The Hall–Kier alpha value is -2.26. The van der Waals surface area contributed by atoms with Crippen LogP contribution in [0.25, 0.3) is 11.1 Å². The second-order valence-corrected chi connectivity index (χ2v) is 12.3. The van der Waals surface area contributed by atoms with Gasteiger partial charge in [-0.05, 0) is 50.2 Å². The number of oxazole rings is 1. The lowest BCUT2D eigenvalue weighted by atomic mass is 10.1. The first kappa shape index (κ1) is 25.8. The number of sulfone groups is 1. The third kappa shape index (κ3) is 7.36. The van der Waals surface area contributed by atoms with Crippen LogP contribution in [0, 0.1) is 5.92 Å². The molecule has 0 bridgehead atoms. The molecule has 8 nitrogen and oxygen atoms in total. The molecule has 1 heterocycles. The van der Waals surface area contributed by atoms with Crippen LogP contribution < -0.4 is 10.6 Å². The molecule has 2 aliphatic carbocycles. The van der Waals surface area contributed by atoms with E-state index in [0.717, 1.165) is 51.4 Å². The van der Waals surface area contributed by atoms with E-state index in [1.807, 2.05) is 13.0 Å². The topological polar surface area (TPSA) is 118 Å². The number of ketones is 1. The van der Waals surface area contributed by atoms with Crippen LogP contribution in [0.4, 0.5) is 0 Å². The lowest BCUT2D eigenvalue weighted by Gasteiger charge is -2.26. The molecule has 2 fully saturated rings. The average molecular weight is 504 g/mol. The molecule has 2 unspecified atom stereocenters. The molecule has 192 valence electrons. The van der Waals surface area contributed by atoms with Gasteiger partial charge in [-0.1, -0.05) is 51.2 Å². The third-order valence-electron chi connectivity index (χ3n) is 6.93. The summed E-state index contributed by atoms with van der Waals surface area (Å²) < 4.78 is 31.4. The fourth-order valence-corrected chi connectivity index (χ4v) is 6.80. The summed E-state index contributed by atoms with van der Waals surface area (Å²) in [5, 5.41) is 6.19. The number of nitrogens with zero attached hydrogens (tertiary/aromatic N) is 1. The van der Waals surface area contributed by atoms with Crippen LogP contribution in [-0.4, -0.2) is 54.7 Å². The zero-order valence-electron chi connectivity index (χ0n) is 20.5. The molecule has 2 saturated carbocycles. The number of hydrogen-bond donors (Lipinski definition) is 2. The van der Waals surface area contributed by atoms with E-state index in [1.54, 1.807) is 18.2 Å². The van der Waals surface area contributed by atoms with Gasteiger partial charge in [0.2, 0.25) is 11.7 Å². The van der Waals surface area contributed by atoms with Gasteiger partial charge in [-0.25, -0.2) is 13.4 Å². The Balaban J connectivity index is 1.50. The fourth-order valence-electron chi connectivity index (χ4n) is 4.85. The SMILES string of the molecule is CCCC(NC(=O)C(CS(=O)(=O)CC1CC1)NC1CCCCCC1)C(=O)c1nc2ccccc2o1. The number of para-hydroxylation sites is 2. The second-order valence-electron chi connectivity index (χ2n) is 10.1. The van der Waals surface area contributed by atoms with Crippen LogP contribution in [0.15, 0.2) is 28.7 Å². The van der Waals surface area contributed by atoms with E-state index in [-0.39, 0.29) is 29.4 Å². The number of rotatable bonds is 12. The maximum Gasteiger partial charge on any atom is 0.266 e. The van der Waals surface area contributed by atoms with Crippen molar-refractivity contribution in [2.24, 2.45) is 5.92 Å². The molecule has 0 radical (unpaired) electrons. The lowest BCUT2D eigenvalue weighted by molar-refractivity contribution is -0.123. The van der Waals surface area contributed by atoms with Gasteiger partial charge >= 0.3 is 0 Å². The highest BCUT2D eigenvalue weighted by atomic mass is 32.2. The largest absolute Gasteiger partial charge is 0.434 e. The van der Waals surface area contributed by atoms with E-state index >= 15 is 0 Å². The van der Waals surface area contributed by atoms with Crippen molar-refractivity contribution >= 4 is 32.6 Å². The number of fused-ring (bicyclic) bond motifs is 1. The number of Topliss-reactive ketones (excluding diaryl/α,β-unsaturated/α-hetero) is 1. The van der Waals surface area contributed by atoms with E-state index in [2.05, 4.69) is 15.6 Å². The Kier molecular flexibility index (Phi) is 8.59. The molecule has 1 aromatic carbocycles. The van der Waals surface area contributed by atoms with Gasteiger partial charge in [-0.2, -0.15) is 0 Å². The summed E-state index contributed by atoms with van der Waals surface area (Å²) in [6, 6.07) is 5.50. The molecule has 1 amide bonds. The Morgan fingerprint density at radius 3 is 2.43 bits per heavy atom. The van der Waals surface area contributed by atoms with Crippen molar-refractivity contribution in [3.63, 3.8) is 0 Å². The zero-order chi connectivity index (χ0) is 24.8. The number of aromatic nitrogens is 1. The quantitative estimate of drug-likeness (QED) is 0.334. The third-order valence-corrected chi connectivity index (χ3v) is 8.75. The van der Waals surface area contributed by atoms with Crippen molar-refractivity contribution in [1.29, 1.82) is 0 Å². The summed E-state index contributed by atoms with van der Waals surface area (Å²) in [4.78, 5) is 31.0. The van der Waals surface area contributed by atoms with E-state index in [0.29, 0.717) is 23.9 Å². The molecule has 35 heavy (non-hydrogen) atoms. The summed E-state index contributed by atoms with van der Waals surface area (Å²) >= 11 is 0. The second kappa shape index (κ2) is 11.6. The molecule has 9 heteroatoms. The molecule has 2 aliphatic rings. The Labute approximate surface area is 207 Å². The number of benzene rings is 1. The highest BCUT2D eigenvalue weighted by Gasteiger charge is 2.35. The van der Waals surface area contributed by atoms with Gasteiger partial charge in [0.05, 0.1) is 17.5 Å². The monoisotopic (exact) mass is 503 g/mol. The highest BCUT2D eigenvalue weighted by molar-refractivity contribution is 7.91. The Morgan fingerprint density at radius 2 is 1.77 bits per heavy atom. The van der Waals surface area contributed by atoms with Crippen molar-refractivity contribution < 1.29 is 22.4 Å². The molecule has 0 spiro atoms. The van der Waals surface area contributed by atoms with E-state index in [9.17, 15) is 18.0 Å². The normalized spacial score (nSPS) is 19.2. The maximum absolute atomic E-state index is 13.4. The molecule has 2 atom stereocenters. The van der Waals surface area contributed by atoms with E-state index in [4.69, 9.17) is 4.42 Å². The van der Waals surface area contributed by atoms with Crippen LogP contribution in [0.3, 0.4) is 0 Å². The zero-order valence-corrected chi connectivity index (χ0v) is 21.3. The first-order valence-electron chi connectivity index (χ1n) is 13.0. The van der Waals surface area contributed by atoms with Crippen LogP contribution in [0.5, 0.6) is 0 Å². The first-order chi connectivity index (χ1) is 16.8. The number of nitrogens with one attached hydrogen (secondary N) is 2. The summed E-state index contributed by atoms with van der Waals surface area (Å²) in [7, 11) is -3.40. The van der Waals surface area contributed by atoms with Gasteiger partial charge in [-0.15, -0.1) is 0 Å².